The zero-order chi connectivity index (χ0) is 37.8. The molecule has 0 aromatic heterocycles. The molecule has 0 aromatic rings. The zero-order valence-corrected chi connectivity index (χ0v) is 34.6. The maximum Gasteiger partial charge on any atom is 0.306 e. The summed E-state index contributed by atoms with van der Waals surface area (Å²) >= 11 is 0. The van der Waals surface area contributed by atoms with Gasteiger partial charge in [-0.3, -0.25) is 9.59 Å². The quantitative estimate of drug-likeness (QED) is 0.0385. The van der Waals surface area contributed by atoms with Crippen LogP contribution >= 0.6 is 0 Å². The third-order valence-corrected chi connectivity index (χ3v) is 9.91. The Morgan fingerprint density at radius 2 is 0.769 bits per heavy atom. The monoisotopic (exact) mass is 731 g/mol. The topological polar surface area (TPSA) is 72.8 Å². The Morgan fingerprint density at radius 1 is 0.442 bits per heavy atom. The molecule has 0 radical (unpaired) electrons. The Hall–Kier alpha value is -1.88. The Bertz CT molecular complexity index is 832. The van der Waals surface area contributed by atoms with Crippen molar-refractivity contribution >= 4 is 11.9 Å². The summed E-state index contributed by atoms with van der Waals surface area (Å²) in [5, 5.41) is 9.59. The summed E-state index contributed by atoms with van der Waals surface area (Å²) in [6, 6.07) is 0. The molecule has 1 atom stereocenters. The van der Waals surface area contributed by atoms with E-state index in [1.165, 1.54) is 161 Å². The van der Waals surface area contributed by atoms with Crippen LogP contribution < -0.4 is 0 Å². The first-order valence-electron chi connectivity index (χ1n) is 22.5. The number of aliphatic hydroxyl groups excluding tert-OH is 1. The molecule has 0 heterocycles. The van der Waals surface area contributed by atoms with Crippen LogP contribution in [-0.2, 0) is 19.1 Å². The van der Waals surface area contributed by atoms with Crippen molar-refractivity contribution in [2.75, 3.05) is 13.2 Å². The van der Waals surface area contributed by atoms with Gasteiger partial charge in [0.15, 0.2) is 6.10 Å². The second-order valence-electron chi connectivity index (χ2n) is 15.1. The van der Waals surface area contributed by atoms with E-state index in [2.05, 4.69) is 50.3 Å². The van der Waals surface area contributed by atoms with Gasteiger partial charge in [0.25, 0.3) is 0 Å². The highest BCUT2D eigenvalue weighted by atomic mass is 16.6. The van der Waals surface area contributed by atoms with Crippen LogP contribution in [0.3, 0.4) is 0 Å². The molecule has 0 saturated heterocycles. The first kappa shape index (κ1) is 50.1. The number of aliphatic hydroxyl groups is 1. The van der Waals surface area contributed by atoms with E-state index in [1.54, 1.807) is 0 Å². The van der Waals surface area contributed by atoms with Crippen molar-refractivity contribution in [3.8, 4) is 0 Å². The van der Waals surface area contributed by atoms with Gasteiger partial charge in [0.05, 0.1) is 6.61 Å². The van der Waals surface area contributed by atoms with Crippen LogP contribution in [0.15, 0.2) is 36.5 Å². The lowest BCUT2D eigenvalue weighted by molar-refractivity contribution is -0.161. The van der Waals surface area contributed by atoms with Crippen molar-refractivity contribution in [1.82, 2.24) is 0 Å². The molecule has 5 nitrogen and oxygen atoms in total. The molecule has 1 unspecified atom stereocenters. The van der Waals surface area contributed by atoms with Crippen LogP contribution in [0.2, 0.25) is 0 Å². The summed E-state index contributed by atoms with van der Waals surface area (Å²) in [6.07, 6.45) is 53.5. The van der Waals surface area contributed by atoms with Gasteiger partial charge >= 0.3 is 11.9 Å². The maximum absolute atomic E-state index is 12.2. The second-order valence-corrected chi connectivity index (χ2v) is 15.1. The lowest BCUT2D eigenvalue weighted by atomic mass is 10.1. The van der Waals surface area contributed by atoms with E-state index in [0.717, 1.165) is 44.9 Å². The van der Waals surface area contributed by atoms with Crippen LogP contribution in [0, 0.1) is 0 Å². The zero-order valence-electron chi connectivity index (χ0n) is 34.6. The van der Waals surface area contributed by atoms with Crippen LogP contribution in [0.25, 0.3) is 0 Å². The van der Waals surface area contributed by atoms with Gasteiger partial charge in [0.2, 0.25) is 0 Å². The molecule has 1 N–H and O–H groups in total. The molecule has 0 aliphatic carbocycles. The van der Waals surface area contributed by atoms with E-state index in [-0.39, 0.29) is 25.2 Å². The van der Waals surface area contributed by atoms with Crippen LogP contribution in [0.5, 0.6) is 0 Å². The van der Waals surface area contributed by atoms with Gasteiger partial charge in [0, 0.05) is 12.8 Å². The van der Waals surface area contributed by atoms with Crippen molar-refractivity contribution in [1.29, 1.82) is 0 Å². The molecule has 0 aliphatic rings. The molecule has 0 bridgehead atoms. The minimum absolute atomic E-state index is 0.0667. The van der Waals surface area contributed by atoms with Gasteiger partial charge in [0.1, 0.15) is 6.61 Å². The fourth-order valence-corrected chi connectivity index (χ4v) is 6.46. The van der Waals surface area contributed by atoms with Gasteiger partial charge < -0.3 is 14.6 Å². The van der Waals surface area contributed by atoms with Crippen molar-refractivity contribution in [2.24, 2.45) is 0 Å². The SMILES string of the molecule is CCCCCC=CCC=CCCCCCCCCCCCC(=O)OC(CO)COC(=O)CCCCCCCCCCCC=CCCCCCCCC. The number of esters is 2. The van der Waals surface area contributed by atoms with Gasteiger partial charge in [-0.2, -0.15) is 0 Å². The minimum Gasteiger partial charge on any atom is -0.462 e. The number of unbranched alkanes of at least 4 members (excludes halogenated alkanes) is 27. The van der Waals surface area contributed by atoms with E-state index >= 15 is 0 Å². The summed E-state index contributed by atoms with van der Waals surface area (Å²) < 4.78 is 10.6. The van der Waals surface area contributed by atoms with Gasteiger partial charge in [-0.25, -0.2) is 0 Å². The highest BCUT2D eigenvalue weighted by Gasteiger charge is 2.16. The number of rotatable bonds is 41. The summed E-state index contributed by atoms with van der Waals surface area (Å²) in [4.78, 5) is 24.4. The highest BCUT2D eigenvalue weighted by Crippen LogP contribution is 2.14. The summed E-state index contributed by atoms with van der Waals surface area (Å²) in [7, 11) is 0. The number of hydrogen-bond acceptors (Lipinski definition) is 5. The molecule has 0 spiro atoms. The smallest absolute Gasteiger partial charge is 0.306 e. The van der Waals surface area contributed by atoms with Crippen molar-refractivity contribution < 1.29 is 24.2 Å². The lowest BCUT2D eigenvalue weighted by Gasteiger charge is -2.15. The minimum atomic E-state index is -0.773. The van der Waals surface area contributed by atoms with Crippen LogP contribution in [0.4, 0.5) is 0 Å². The third kappa shape index (κ3) is 40.9. The number of carbonyl (C=O) groups excluding carboxylic acids is 2. The van der Waals surface area contributed by atoms with E-state index in [9.17, 15) is 14.7 Å². The first-order chi connectivity index (χ1) is 25.6. The van der Waals surface area contributed by atoms with Crippen molar-refractivity contribution in [2.45, 2.75) is 238 Å². The average Bonchev–Trinajstić information content (AvgIpc) is 3.15. The molecule has 0 rings (SSSR count). The molecule has 0 fully saturated rings. The van der Waals surface area contributed by atoms with E-state index in [1.807, 2.05) is 0 Å². The number of hydrogen-bond donors (Lipinski definition) is 1. The molecule has 5 heteroatoms. The lowest BCUT2D eigenvalue weighted by Crippen LogP contribution is -2.28. The molecular formula is C47H86O5. The van der Waals surface area contributed by atoms with Crippen LogP contribution in [-0.4, -0.2) is 36.4 Å². The summed E-state index contributed by atoms with van der Waals surface area (Å²) in [5.41, 5.74) is 0. The number of allylic oxidation sites excluding steroid dienone is 6. The van der Waals surface area contributed by atoms with Crippen LogP contribution in [0.1, 0.15) is 232 Å². The fourth-order valence-electron chi connectivity index (χ4n) is 6.46. The fraction of sp³-hybridized carbons (Fsp3) is 0.830. The Balaban J connectivity index is 3.52. The van der Waals surface area contributed by atoms with Gasteiger partial charge in [-0.1, -0.05) is 185 Å². The number of ether oxygens (including phenoxy) is 2. The van der Waals surface area contributed by atoms with Gasteiger partial charge in [-0.05, 0) is 70.6 Å². The van der Waals surface area contributed by atoms with Crippen molar-refractivity contribution in [3.63, 3.8) is 0 Å². The van der Waals surface area contributed by atoms with Gasteiger partial charge in [-0.15, -0.1) is 0 Å². The second kappa shape index (κ2) is 43.5. The first-order valence-corrected chi connectivity index (χ1v) is 22.5. The number of carbonyl (C=O) groups is 2. The Labute approximate surface area is 323 Å². The predicted molar refractivity (Wildman–Crippen MR) is 224 cm³/mol. The van der Waals surface area contributed by atoms with E-state index in [0.29, 0.717) is 12.8 Å². The predicted octanol–water partition coefficient (Wildman–Crippen LogP) is 14.4. The largest absolute Gasteiger partial charge is 0.462 e. The third-order valence-electron chi connectivity index (χ3n) is 9.91. The molecule has 52 heavy (non-hydrogen) atoms. The molecule has 0 saturated carbocycles. The molecule has 304 valence electrons. The summed E-state index contributed by atoms with van der Waals surface area (Å²) in [6.45, 7) is 4.12. The normalized spacial score (nSPS) is 12.4. The molecular weight excluding hydrogens is 645 g/mol. The highest BCUT2D eigenvalue weighted by molar-refractivity contribution is 5.70. The maximum atomic E-state index is 12.2. The molecule has 0 aliphatic heterocycles. The van der Waals surface area contributed by atoms with Crippen molar-refractivity contribution in [3.05, 3.63) is 36.5 Å². The van der Waals surface area contributed by atoms with E-state index < -0.39 is 6.10 Å². The average molecular weight is 731 g/mol. The molecule has 0 amide bonds. The summed E-state index contributed by atoms with van der Waals surface area (Å²) in [5.74, 6) is -0.591. The van der Waals surface area contributed by atoms with E-state index in [4.69, 9.17) is 9.47 Å². The Morgan fingerprint density at radius 3 is 1.19 bits per heavy atom. The Kier molecular flexibility index (Phi) is 42.0. The standard InChI is InChI=1S/C47H86O5/c1-3-5-7-9-11-13-15-17-19-21-23-25-27-29-31-33-35-37-39-41-46(49)51-44-45(43-48)52-47(50)42-40-38-36-34-32-30-28-26-24-22-20-18-16-14-12-10-8-6-4-2/h12,14,17-20,45,48H,3-11,13,15-16,21-44H2,1-2H3. The molecule has 0 aromatic carbocycles.